The predicted octanol–water partition coefficient (Wildman–Crippen LogP) is 5.01. The van der Waals surface area contributed by atoms with Gasteiger partial charge >= 0.3 is 0 Å². The molecule has 1 aliphatic heterocycles. The number of nitrogens with zero attached hydrogens (tertiary/aromatic N) is 2. The van der Waals surface area contributed by atoms with Gasteiger partial charge in [0.05, 0.1) is 17.1 Å². The Labute approximate surface area is 265 Å². The number of H-pyrrole nitrogens is 1. The summed E-state index contributed by atoms with van der Waals surface area (Å²) in [5.41, 5.74) is 20.5. The van der Waals surface area contributed by atoms with E-state index in [2.05, 4.69) is 32.9 Å². The van der Waals surface area contributed by atoms with Crippen molar-refractivity contribution in [2.24, 2.45) is 11.7 Å². The normalized spacial score (nSPS) is 13.7. The minimum Gasteiger partial charge on any atom is -0.457 e. The summed E-state index contributed by atoms with van der Waals surface area (Å²) in [7, 11) is 1.50. The highest BCUT2D eigenvalue weighted by Gasteiger charge is 2.18. The van der Waals surface area contributed by atoms with Crippen LogP contribution in [0.5, 0.6) is 11.5 Å². The first-order valence-corrected chi connectivity index (χ1v) is 14.6. The number of pyridine rings is 1. The van der Waals surface area contributed by atoms with E-state index in [1.54, 1.807) is 18.3 Å². The average Bonchev–Trinajstić information content (AvgIpc) is 3.56. The number of aliphatic hydroxyl groups excluding tert-OH is 1. The molecule has 3 heterocycles. The summed E-state index contributed by atoms with van der Waals surface area (Å²) in [6.45, 7) is 9.45. The number of carbonyl (C=O) groups excluding carboxylic acids is 2. The van der Waals surface area contributed by atoms with Crippen LogP contribution in [0.3, 0.4) is 0 Å². The molecule has 1 fully saturated rings. The fourth-order valence-electron chi connectivity index (χ4n) is 4.70. The van der Waals surface area contributed by atoms with Gasteiger partial charge in [-0.25, -0.2) is 4.39 Å². The summed E-state index contributed by atoms with van der Waals surface area (Å²) in [4.78, 5) is 26.3. The van der Waals surface area contributed by atoms with Gasteiger partial charge < -0.3 is 46.5 Å². The monoisotopic (exact) mass is 622 g/mol. The third-order valence-corrected chi connectivity index (χ3v) is 6.82. The average molecular weight is 623 g/mol. The van der Waals surface area contributed by atoms with Crippen LogP contribution in [0.4, 0.5) is 15.8 Å². The molecule has 10 nitrogen and oxygen atoms in total. The van der Waals surface area contributed by atoms with Crippen molar-refractivity contribution in [2.75, 3.05) is 44.8 Å². The van der Waals surface area contributed by atoms with Gasteiger partial charge in [0, 0.05) is 37.3 Å². The van der Waals surface area contributed by atoms with Crippen molar-refractivity contribution >= 4 is 25.0 Å². The molecule has 1 atom stereocenters. The molecular formula is C34H47FN6O4. The van der Waals surface area contributed by atoms with E-state index in [9.17, 15) is 9.50 Å². The zero-order chi connectivity index (χ0) is 33.6. The highest BCUT2D eigenvalue weighted by Crippen LogP contribution is 2.26. The molecule has 0 aliphatic carbocycles. The SMILES string of the molecule is C=O.C=O.CN.Cc1ccc(F)c(N)c1.Nc1ccc(Oc2ccnc(-c3cc(CCCN4CCCC(CO)C4)c[nH]3)c2)cc1. The van der Waals surface area contributed by atoms with Gasteiger partial charge in [-0.3, -0.25) is 4.98 Å². The number of aliphatic hydroxyl groups is 1. The van der Waals surface area contributed by atoms with E-state index in [4.69, 9.17) is 25.8 Å². The van der Waals surface area contributed by atoms with Crippen LogP contribution >= 0.6 is 0 Å². The highest BCUT2D eigenvalue weighted by molar-refractivity contribution is 5.58. The van der Waals surface area contributed by atoms with Crippen LogP contribution < -0.4 is 21.9 Å². The Morgan fingerprint density at radius 2 is 1.73 bits per heavy atom. The van der Waals surface area contributed by atoms with E-state index < -0.39 is 0 Å². The van der Waals surface area contributed by atoms with E-state index in [1.807, 2.05) is 56.9 Å². The molecule has 45 heavy (non-hydrogen) atoms. The molecule has 1 unspecified atom stereocenters. The standard InChI is InChI=1S/C24H30N4O2.C7H8FN.CH5N.2CH2O/c25-20-5-7-21(8-6-20)30-22-9-10-26-24(14-22)23-13-18(15-27-23)3-1-11-28-12-2-4-19(16-28)17-29;1-5-2-3-6(8)7(9)4-5;3*1-2/h5-10,13-15,19,27,29H,1-4,11-12,16-17,25H2;2-4H,9H2,1H3;2H2,1H3;2*1H2. The van der Waals surface area contributed by atoms with E-state index in [1.165, 1.54) is 25.1 Å². The Morgan fingerprint density at radius 1 is 1.02 bits per heavy atom. The van der Waals surface area contributed by atoms with Crippen LogP contribution in [0, 0.1) is 18.7 Å². The van der Waals surface area contributed by atoms with Crippen LogP contribution in [0.2, 0.25) is 0 Å². The second kappa shape index (κ2) is 22.0. The lowest BCUT2D eigenvalue weighted by Gasteiger charge is -2.31. The first-order valence-electron chi connectivity index (χ1n) is 14.6. The van der Waals surface area contributed by atoms with Crippen molar-refractivity contribution in [1.29, 1.82) is 0 Å². The summed E-state index contributed by atoms with van der Waals surface area (Å²) in [6, 6.07) is 18.0. The first-order chi connectivity index (χ1) is 21.9. The number of aryl methyl sites for hydroxylation is 2. The van der Waals surface area contributed by atoms with Crippen molar-refractivity contribution < 1.29 is 23.8 Å². The number of aromatic amines is 1. The molecular weight excluding hydrogens is 575 g/mol. The molecule has 0 saturated carbocycles. The van der Waals surface area contributed by atoms with Crippen molar-refractivity contribution in [3.05, 3.63) is 90.0 Å². The Kier molecular flexibility index (Phi) is 18.8. The van der Waals surface area contributed by atoms with Gasteiger partial charge in [0.25, 0.3) is 0 Å². The third kappa shape index (κ3) is 13.7. The third-order valence-electron chi connectivity index (χ3n) is 6.82. The molecule has 244 valence electrons. The molecule has 0 amide bonds. The van der Waals surface area contributed by atoms with Gasteiger partial charge in [0.2, 0.25) is 0 Å². The Bertz CT molecular complexity index is 1370. The zero-order valence-corrected chi connectivity index (χ0v) is 26.3. The molecule has 1 saturated heterocycles. The summed E-state index contributed by atoms with van der Waals surface area (Å²) in [6.07, 6.45) is 8.32. The highest BCUT2D eigenvalue weighted by atomic mass is 19.1. The van der Waals surface area contributed by atoms with E-state index in [0.29, 0.717) is 18.2 Å². The molecule has 5 rings (SSSR count). The number of piperidine rings is 1. The van der Waals surface area contributed by atoms with Gasteiger partial charge in [0.1, 0.15) is 30.9 Å². The first kappa shape index (κ1) is 38.4. The number of ether oxygens (including phenoxy) is 1. The molecule has 0 radical (unpaired) electrons. The van der Waals surface area contributed by atoms with Gasteiger partial charge in [0.15, 0.2) is 0 Å². The van der Waals surface area contributed by atoms with Crippen LogP contribution in [0.1, 0.15) is 30.4 Å². The maximum atomic E-state index is 12.4. The number of anilines is 2. The second-order valence-electron chi connectivity index (χ2n) is 10.1. The number of halogens is 1. The van der Waals surface area contributed by atoms with Gasteiger partial charge in [-0.15, -0.1) is 0 Å². The Hall–Kier alpha value is -4.58. The van der Waals surface area contributed by atoms with Gasteiger partial charge in [-0.1, -0.05) is 6.07 Å². The number of likely N-dealkylation sites (tertiary alicyclic amines) is 1. The lowest BCUT2D eigenvalue weighted by molar-refractivity contribution is -0.0987. The van der Waals surface area contributed by atoms with Gasteiger partial charge in [-0.05, 0) is 118 Å². The Balaban J connectivity index is 0.000000567. The number of aromatic nitrogens is 2. The number of rotatable bonds is 8. The lowest BCUT2D eigenvalue weighted by Crippen LogP contribution is -2.37. The minimum atomic E-state index is -0.347. The zero-order valence-electron chi connectivity index (χ0n) is 26.3. The molecule has 4 aromatic rings. The molecule has 1 aliphatic rings. The van der Waals surface area contributed by atoms with Gasteiger partial charge in [-0.2, -0.15) is 0 Å². The number of benzene rings is 2. The Morgan fingerprint density at radius 3 is 2.38 bits per heavy atom. The van der Waals surface area contributed by atoms with Crippen LogP contribution in [0.25, 0.3) is 11.4 Å². The van der Waals surface area contributed by atoms with Crippen molar-refractivity contribution in [1.82, 2.24) is 14.9 Å². The molecule has 0 bridgehead atoms. The number of nitrogen functional groups attached to an aromatic ring is 2. The van der Waals surface area contributed by atoms with Crippen molar-refractivity contribution in [3.8, 4) is 22.9 Å². The van der Waals surface area contributed by atoms with Crippen LogP contribution in [0.15, 0.2) is 73.1 Å². The fourth-order valence-corrected chi connectivity index (χ4v) is 4.70. The van der Waals surface area contributed by atoms with E-state index in [0.717, 1.165) is 67.3 Å². The second-order valence-corrected chi connectivity index (χ2v) is 10.1. The maximum absolute atomic E-state index is 12.4. The molecule has 2 aromatic heterocycles. The molecule has 2 aromatic carbocycles. The molecule has 8 N–H and O–H groups in total. The number of nitrogens with two attached hydrogens (primary N) is 3. The van der Waals surface area contributed by atoms with Crippen LogP contribution in [-0.4, -0.2) is 66.8 Å². The number of hydrogen-bond donors (Lipinski definition) is 5. The maximum Gasteiger partial charge on any atom is 0.146 e. The largest absolute Gasteiger partial charge is 0.457 e. The number of carbonyl (C=O) groups is 2. The molecule has 0 spiro atoms. The van der Waals surface area contributed by atoms with E-state index in [-0.39, 0.29) is 11.5 Å². The van der Waals surface area contributed by atoms with Crippen molar-refractivity contribution in [2.45, 2.75) is 32.6 Å². The minimum absolute atomic E-state index is 0.218. The van der Waals surface area contributed by atoms with Crippen LogP contribution in [-0.2, 0) is 16.0 Å². The topological polar surface area (TPSA) is 174 Å². The fraction of sp³-hybridized carbons (Fsp3) is 0.324. The number of hydrogen-bond acceptors (Lipinski definition) is 9. The summed E-state index contributed by atoms with van der Waals surface area (Å²) in [5.74, 6) is 1.59. The van der Waals surface area contributed by atoms with Crippen molar-refractivity contribution in [3.63, 3.8) is 0 Å². The number of nitrogens with one attached hydrogen (secondary N) is 1. The summed E-state index contributed by atoms with van der Waals surface area (Å²) >= 11 is 0. The molecule has 11 heteroatoms. The summed E-state index contributed by atoms with van der Waals surface area (Å²) < 4.78 is 18.3. The predicted molar refractivity (Wildman–Crippen MR) is 179 cm³/mol. The summed E-state index contributed by atoms with van der Waals surface area (Å²) in [5, 5.41) is 9.39. The smallest absolute Gasteiger partial charge is 0.146 e. The lowest BCUT2D eigenvalue weighted by atomic mass is 9.99. The quantitative estimate of drug-likeness (QED) is 0.169. The van der Waals surface area contributed by atoms with E-state index >= 15 is 0 Å².